The van der Waals surface area contributed by atoms with Gasteiger partial charge in [0.2, 0.25) is 0 Å². The van der Waals surface area contributed by atoms with Crippen LogP contribution in [0.5, 0.6) is 0 Å². The number of nitrogens with two attached hydrogens (primary N) is 1. The molecule has 0 aliphatic carbocycles. The number of nitrogens with one attached hydrogen (secondary N) is 1. The van der Waals surface area contributed by atoms with Gasteiger partial charge >= 0.3 is 0 Å². The van der Waals surface area contributed by atoms with Gasteiger partial charge in [-0.2, -0.15) is 0 Å². The van der Waals surface area contributed by atoms with E-state index in [9.17, 15) is 0 Å². The minimum atomic E-state index is -0.0373. The van der Waals surface area contributed by atoms with E-state index in [0.29, 0.717) is 11.0 Å². The van der Waals surface area contributed by atoms with Gasteiger partial charge in [-0.05, 0) is 51.7 Å². The van der Waals surface area contributed by atoms with Gasteiger partial charge in [0.15, 0.2) is 5.11 Å². The maximum atomic E-state index is 5.94. The van der Waals surface area contributed by atoms with E-state index < -0.39 is 0 Å². The van der Waals surface area contributed by atoms with E-state index in [2.05, 4.69) is 26.1 Å². The van der Waals surface area contributed by atoms with Crippen LogP contribution in [0.4, 0.5) is 0 Å². The number of hydrogen-bond donors (Lipinski definition) is 2. The molecule has 0 saturated carbocycles. The zero-order valence-electron chi connectivity index (χ0n) is 10.5. The predicted molar refractivity (Wildman–Crippen MR) is 69.9 cm³/mol. The van der Waals surface area contributed by atoms with Crippen molar-refractivity contribution in [3.63, 3.8) is 0 Å². The van der Waals surface area contributed by atoms with Crippen LogP contribution in [0.1, 0.15) is 33.6 Å². The van der Waals surface area contributed by atoms with Gasteiger partial charge in [-0.15, -0.1) is 0 Å². The summed E-state index contributed by atoms with van der Waals surface area (Å²) < 4.78 is 5.31. The average molecular weight is 245 g/mol. The zero-order chi connectivity index (χ0) is 12.2. The standard InChI is InChI=1S/C11H23N3OS/c1-11(2,3)13-10(16)14(12)8-9-4-6-15-7-5-9/h9H,4-8,12H2,1-3H3,(H,13,16). The monoisotopic (exact) mass is 245 g/mol. The number of thiocarbonyl (C=S) groups is 1. The van der Waals surface area contributed by atoms with Gasteiger partial charge < -0.3 is 10.1 Å². The summed E-state index contributed by atoms with van der Waals surface area (Å²) in [4.78, 5) is 0. The highest BCUT2D eigenvalue weighted by Crippen LogP contribution is 2.15. The fourth-order valence-electron chi connectivity index (χ4n) is 1.68. The second-order valence-electron chi connectivity index (χ2n) is 5.39. The van der Waals surface area contributed by atoms with Crippen molar-refractivity contribution in [2.75, 3.05) is 19.8 Å². The molecule has 0 radical (unpaired) electrons. The Balaban J connectivity index is 2.33. The third kappa shape index (κ3) is 5.09. The minimum absolute atomic E-state index is 0.0373. The van der Waals surface area contributed by atoms with Crippen LogP contribution in [0.2, 0.25) is 0 Å². The molecule has 0 aromatic rings. The zero-order valence-corrected chi connectivity index (χ0v) is 11.3. The normalized spacial score (nSPS) is 18.2. The van der Waals surface area contributed by atoms with E-state index in [1.165, 1.54) is 0 Å². The van der Waals surface area contributed by atoms with Gasteiger partial charge in [-0.3, -0.25) is 5.01 Å². The van der Waals surface area contributed by atoms with E-state index >= 15 is 0 Å². The molecule has 3 N–H and O–H groups in total. The molecule has 0 aromatic heterocycles. The second kappa shape index (κ2) is 5.80. The van der Waals surface area contributed by atoms with E-state index in [1.54, 1.807) is 5.01 Å². The average Bonchev–Trinajstić information content (AvgIpc) is 2.16. The highest BCUT2D eigenvalue weighted by molar-refractivity contribution is 7.80. The van der Waals surface area contributed by atoms with Crippen molar-refractivity contribution in [3.05, 3.63) is 0 Å². The maximum absolute atomic E-state index is 5.94. The van der Waals surface area contributed by atoms with Crippen molar-refractivity contribution < 1.29 is 4.74 Å². The number of hydrogen-bond acceptors (Lipinski definition) is 3. The second-order valence-corrected chi connectivity index (χ2v) is 5.77. The van der Waals surface area contributed by atoms with Crippen LogP contribution in [0.15, 0.2) is 0 Å². The molecule has 1 heterocycles. The third-order valence-corrected chi connectivity index (χ3v) is 2.88. The van der Waals surface area contributed by atoms with Crippen molar-refractivity contribution in [2.24, 2.45) is 11.8 Å². The number of nitrogens with zero attached hydrogens (tertiary/aromatic N) is 1. The van der Waals surface area contributed by atoms with Crippen molar-refractivity contribution in [1.29, 1.82) is 0 Å². The minimum Gasteiger partial charge on any atom is -0.381 e. The van der Waals surface area contributed by atoms with Crippen LogP contribution in [0.3, 0.4) is 0 Å². The first kappa shape index (κ1) is 13.7. The van der Waals surface area contributed by atoms with Crippen molar-refractivity contribution >= 4 is 17.3 Å². The summed E-state index contributed by atoms with van der Waals surface area (Å²) in [5.74, 6) is 6.54. The van der Waals surface area contributed by atoms with E-state index in [1.807, 2.05) is 0 Å². The fourth-order valence-corrected chi connectivity index (χ4v) is 2.06. The summed E-state index contributed by atoms with van der Waals surface area (Å²) >= 11 is 5.25. The third-order valence-electron chi connectivity index (χ3n) is 2.54. The molecule has 4 nitrogen and oxygen atoms in total. The smallest absolute Gasteiger partial charge is 0.183 e. The lowest BCUT2D eigenvalue weighted by molar-refractivity contribution is 0.0594. The molecule has 0 atom stereocenters. The summed E-state index contributed by atoms with van der Waals surface area (Å²) in [7, 11) is 0. The summed E-state index contributed by atoms with van der Waals surface area (Å²) in [6.07, 6.45) is 2.15. The van der Waals surface area contributed by atoms with Crippen LogP contribution in [0, 0.1) is 5.92 Å². The quantitative estimate of drug-likeness (QED) is 0.436. The maximum Gasteiger partial charge on any atom is 0.183 e. The molecule has 1 aliphatic rings. The Bertz CT molecular complexity index is 234. The van der Waals surface area contributed by atoms with Crippen molar-refractivity contribution in [2.45, 2.75) is 39.2 Å². The first-order valence-corrected chi connectivity index (χ1v) is 6.21. The SMILES string of the molecule is CC(C)(C)NC(=S)N(N)CC1CCOCC1. The van der Waals surface area contributed by atoms with E-state index in [4.69, 9.17) is 22.8 Å². The Kier molecular flexibility index (Phi) is 4.95. The molecule has 0 amide bonds. The highest BCUT2D eigenvalue weighted by atomic mass is 32.1. The van der Waals surface area contributed by atoms with Crippen LogP contribution < -0.4 is 11.2 Å². The molecule has 1 saturated heterocycles. The Morgan fingerprint density at radius 2 is 2.00 bits per heavy atom. The lowest BCUT2D eigenvalue weighted by Gasteiger charge is -2.31. The van der Waals surface area contributed by atoms with Crippen LogP contribution in [-0.4, -0.2) is 35.4 Å². The van der Waals surface area contributed by atoms with Crippen molar-refractivity contribution in [3.8, 4) is 0 Å². The molecule has 1 fully saturated rings. The van der Waals surface area contributed by atoms with Gasteiger partial charge in [0.25, 0.3) is 0 Å². The number of ether oxygens (including phenoxy) is 1. The van der Waals surface area contributed by atoms with Gasteiger partial charge in [-0.1, -0.05) is 0 Å². The molecular formula is C11H23N3OS. The van der Waals surface area contributed by atoms with Gasteiger partial charge in [-0.25, -0.2) is 5.84 Å². The summed E-state index contributed by atoms with van der Waals surface area (Å²) in [6.45, 7) is 8.71. The first-order valence-electron chi connectivity index (χ1n) is 5.80. The Morgan fingerprint density at radius 3 is 2.50 bits per heavy atom. The molecule has 16 heavy (non-hydrogen) atoms. The van der Waals surface area contributed by atoms with Crippen LogP contribution in [-0.2, 0) is 4.74 Å². The van der Waals surface area contributed by atoms with Crippen molar-refractivity contribution in [1.82, 2.24) is 10.3 Å². The molecular weight excluding hydrogens is 222 g/mol. The molecule has 0 bridgehead atoms. The van der Waals surface area contributed by atoms with Crippen LogP contribution >= 0.6 is 12.2 Å². The number of rotatable bonds is 2. The lowest BCUT2D eigenvalue weighted by Crippen LogP contribution is -2.52. The van der Waals surface area contributed by atoms with Gasteiger partial charge in [0.05, 0.1) is 0 Å². The molecule has 0 unspecified atom stereocenters. The largest absolute Gasteiger partial charge is 0.381 e. The Morgan fingerprint density at radius 1 is 1.44 bits per heavy atom. The van der Waals surface area contributed by atoms with E-state index in [0.717, 1.165) is 32.6 Å². The first-order chi connectivity index (χ1) is 7.38. The topological polar surface area (TPSA) is 50.5 Å². The molecule has 94 valence electrons. The molecule has 1 rings (SSSR count). The molecule has 5 heteroatoms. The van der Waals surface area contributed by atoms with Gasteiger partial charge in [0.1, 0.15) is 0 Å². The van der Waals surface area contributed by atoms with Crippen LogP contribution in [0.25, 0.3) is 0 Å². The summed E-state index contributed by atoms with van der Waals surface area (Å²) in [5, 5.41) is 5.48. The Hall–Kier alpha value is -0.390. The Labute approximate surface area is 103 Å². The molecule has 0 aromatic carbocycles. The lowest BCUT2D eigenvalue weighted by atomic mass is 10.0. The van der Waals surface area contributed by atoms with Gasteiger partial charge in [0, 0.05) is 25.3 Å². The van der Waals surface area contributed by atoms with E-state index in [-0.39, 0.29) is 5.54 Å². The molecule has 0 spiro atoms. The highest BCUT2D eigenvalue weighted by Gasteiger charge is 2.19. The molecule has 1 aliphatic heterocycles. The number of hydrazine groups is 1. The predicted octanol–water partition coefficient (Wildman–Crippen LogP) is 1.26. The fraction of sp³-hybridized carbons (Fsp3) is 0.909. The summed E-state index contributed by atoms with van der Waals surface area (Å²) in [5.41, 5.74) is -0.0373. The summed E-state index contributed by atoms with van der Waals surface area (Å²) in [6, 6.07) is 0.